The molecule has 7 N–H and O–H groups in total. The Kier molecular flexibility index (Phi) is 12.2. The number of guanidine groups is 1. The van der Waals surface area contributed by atoms with E-state index in [0.29, 0.717) is 10.2 Å². The monoisotopic (exact) mass is 644 g/mol. The molecule has 0 unspecified atom stereocenters. The number of carboxylic acids is 1. The van der Waals surface area contributed by atoms with Crippen LogP contribution in [0.2, 0.25) is 0 Å². The third-order valence-corrected chi connectivity index (χ3v) is 6.18. The normalized spacial score (nSPS) is 11.0. The molecule has 0 radical (unpaired) electrons. The van der Waals surface area contributed by atoms with Gasteiger partial charge in [0, 0.05) is 16.7 Å². The van der Waals surface area contributed by atoms with Gasteiger partial charge in [-0.3, -0.25) is 24.6 Å². The van der Waals surface area contributed by atoms with Crippen LogP contribution in [0.15, 0.2) is 44.5 Å². The molecule has 0 aliphatic carbocycles. The largest absolute Gasteiger partial charge is 0.495 e. The van der Waals surface area contributed by atoms with Crippen molar-refractivity contribution in [2.24, 2.45) is 5.73 Å². The number of carbonyl (C=O) groups excluding carboxylic acids is 1. The lowest BCUT2D eigenvalue weighted by atomic mass is 10.3. The van der Waals surface area contributed by atoms with Gasteiger partial charge in [0.15, 0.2) is 0 Å². The number of ether oxygens (including phenoxy) is 1. The highest BCUT2D eigenvalue weighted by atomic mass is 79.9. The summed E-state index contributed by atoms with van der Waals surface area (Å²) in [6, 6.07) is 7.30. The molecular formula is C20H24BrF3N6O8S. The van der Waals surface area contributed by atoms with Crippen LogP contribution in [0.1, 0.15) is 5.69 Å². The zero-order valence-corrected chi connectivity index (χ0v) is 22.7. The van der Waals surface area contributed by atoms with Crippen LogP contribution in [0, 0.1) is 12.3 Å². The second-order valence-corrected chi connectivity index (χ2v) is 9.76. The molecule has 1 aromatic carbocycles. The molecule has 1 amide bonds. The number of carboxylic acid groups (broad SMARTS) is 1. The highest BCUT2D eigenvalue weighted by molar-refractivity contribution is 9.10. The van der Waals surface area contributed by atoms with Crippen molar-refractivity contribution in [1.29, 1.82) is 5.41 Å². The zero-order valence-electron chi connectivity index (χ0n) is 20.3. The topological polar surface area (TPSA) is 215 Å². The summed E-state index contributed by atoms with van der Waals surface area (Å²) in [6.45, 7) is 1.42. The first-order valence-electron chi connectivity index (χ1n) is 10.3. The summed E-state index contributed by atoms with van der Waals surface area (Å²) in [5, 5.41) is 16.6. The molecule has 2 aromatic rings. The summed E-state index contributed by atoms with van der Waals surface area (Å²) in [4.78, 5) is 38.6. The number of alkyl halides is 3. The number of anilines is 1. The van der Waals surface area contributed by atoms with Crippen LogP contribution >= 0.6 is 15.9 Å². The van der Waals surface area contributed by atoms with Crippen LogP contribution in [-0.2, 0) is 31.0 Å². The molecule has 216 valence electrons. The standard InChI is InChI=1S/C18H23BrN6O6S.C2HF3O2/c1-11-3-5-13(24-32(28,29)15-9-12(19)4-6-14(15)30-2)17(27)25(11)10-16(26)22-7-8-31-23-18(20)21;3-2(4,5)1(6)7/h3-6,9,24H,7-8,10H2,1-2H3,(H,22,26)(H4,20,21,23);(H,6,7). The van der Waals surface area contributed by atoms with Gasteiger partial charge in [0.2, 0.25) is 11.9 Å². The molecule has 0 spiro atoms. The fourth-order valence-corrected chi connectivity index (χ4v) is 4.34. The van der Waals surface area contributed by atoms with Crippen molar-refractivity contribution in [2.45, 2.75) is 24.5 Å². The van der Waals surface area contributed by atoms with E-state index in [9.17, 15) is 31.2 Å². The lowest BCUT2D eigenvalue weighted by molar-refractivity contribution is -0.192. The minimum absolute atomic E-state index is 0.0352. The molecule has 0 atom stereocenters. The van der Waals surface area contributed by atoms with Crippen molar-refractivity contribution in [1.82, 2.24) is 15.4 Å². The number of sulfonamides is 1. The number of amides is 1. The molecule has 0 saturated heterocycles. The fourth-order valence-electron chi connectivity index (χ4n) is 2.57. The molecule has 0 saturated carbocycles. The Morgan fingerprint density at radius 1 is 1.23 bits per heavy atom. The maximum Gasteiger partial charge on any atom is 0.490 e. The summed E-state index contributed by atoms with van der Waals surface area (Å²) < 4.78 is 66.5. The quantitative estimate of drug-likeness (QED) is 0.0929. The van der Waals surface area contributed by atoms with Gasteiger partial charge in [0.25, 0.3) is 15.6 Å². The molecule has 1 aromatic heterocycles. The van der Waals surface area contributed by atoms with E-state index in [1.807, 2.05) is 0 Å². The number of halogens is 4. The number of nitrogens with one attached hydrogen (secondary N) is 4. The van der Waals surface area contributed by atoms with Crippen molar-refractivity contribution in [3.8, 4) is 5.75 Å². The van der Waals surface area contributed by atoms with E-state index in [2.05, 4.69) is 31.4 Å². The first kappa shape index (κ1) is 33.2. The van der Waals surface area contributed by atoms with E-state index < -0.39 is 33.6 Å². The van der Waals surface area contributed by atoms with Crippen molar-refractivity contribution < 1.29 is 45.9 Å². The summed E-state index contributed by atoms with van der Waals surface area (Å²) in [6.07, 6.45) is -5.08. The SMILES string of the molecule is COc1ccc(Br)cc1S(=O)(=O)Nc1ccc(C)n(CC(=O)NCCONC(=N)N)c1=O.O=C(O)C(F)(F)F. The average molecular weight is 645 g/mol. The third-order valence-electron chi connectivity index (χ3n) is 4.30. The Bertz CT molecular complexity index is 1370. The Morgan fingerprint density at radius 3 is 2.38 bits per heavy atom. The first-order valence-corrected chi connectivity index (χ1v) is 12.6. The van der Waals surface area contributed by atoms with Crippen LogP contribution in [-0.4, -0.2) is 62.4 Å². The highest BCUT2D eigenvalue weighted by Gasteiger charge is 2.38. The minimum atomic E-state index is -5.08. The van der Waals surface area contributed by atoms with E-state index in [4.69, 9.17) is 30.6 Å². The van der Waals surface area contributed by atoms with E-state index >= 15 is 0 Å². The number of aliphatic carboxylic acids is 1. The Balaban J connectivity index is 0.000000956. The number of hydrogen-bond acceptors (Lipinski definition) is 8. The number of rotatable bonds is 10. The number of carbonyl (C=O) groups is 2. The Labute approximate surface area is 227 Å². The summed E-state index contributed by atoms with van der Waals surface area (Å²) in [5.41, 5.74) is 6.72. The number of methoxy groups -OCH3 is 1. The lowest BCUT2D eigenvalue weighted by Crippen LogP contribution is -2.37. The fraction of sp³-hybridized carbons (Fsp3) is 0.300. The first-order chi connectivity index (χ1) is 18.0. The van der Waals surface area contributed by atoms with Gasteiger partial charge < -0.3 is 25.5 Å². The Hall–Kier alpha value is -3.84. The van der Waals surface area contributed by atoms with E-state index in [1.165, 1.54) is 31.4 Å². The van der Waals surface area contributed by atoms with Crippen LogP contribution in [0.25, 0.3) is 0 Å². The predicted molar refractivity (Wildman–Crippen MR) is 135 cm³/mol. The molecule has 1 heterocycles. The maximum absolute atomic E-state index is 12.9. The number of pyridine rings is 1. The van der Waals surface area contributed by atoms with Crippen molar-refractivity contribution in [2.75, 3.05) is 25.0 Å². The van der Waals surface area contributed by atoms with Gasteiger partial charge >= 0.3 is 12.1 Å². The summed E-state index contributed by atoms with van der Waals surface area (Å²) in [7, 11) is -2.82. The summed E-state index contributed by atoms with van der Waals surface area (Å²) >= 11 is 3.22. The second-order valence-electron chi connectivity index (χ2n) is 7.20. The van der Waals surface area contributed by atoms with Gasteiger partial charge in [-0.25, -0.2) is 18.7 Å². The Morgan fingerprint density at radius 2 is 1.85 bits per heavy atom. The number of benzene rings is 1. The average Bonchev–Trinajstić information content (AvgIpc) is 2.83. The van der Waals surface area contributed by atoms with Gasteiger partial charge in [-0.1, -0.05) is 15.9 Å². The molecule has 39 heavy (non-hydrogen) atoms. The number of hydroxylamine groups is 1. The number of aryl methyl sites for hydroxylation is 1. The second kappa shape index (κ2) is 14.4. The molecule has 2 rings (SSSR count). The predicted octanol–water partition coefficient (Wildman–Crippen LogP) is 0.893. The van der Waals surface area contributed by atoms with Crippen LogP contribution < -0.4 is 31.5 Å². The number of nitrogens with two attached hydrogens (primary N) is 1. The van der Waals surface area contributed by atoms with E-state index in [1.54, 1.807) is 13.0 Å². The number of aromatic nitrogens is 1. The third kappa shape index (κ3) is 10.8. The van der Waals surface area contributed by atoms with E-state index in [-0.39, 0.29) is 42.0 Å². The summed E-state index contributed by atoms with van der Waals surface area (Å²) in [5.74, 6) is -3.52. The molecular weight excluding hydrogens is 621 g/mol. The molecule has 0 aliphatic heterocycles. The van der Waals surface area contributed by atoms with Crippen LogP contribution in [0.4, 0.5) is 18.9 Å². The van der Waals surface area contributed by atoms with Crippen molar-refractivity contribution in [3.63, 3.8) is 0 Å². The molecule has 0 aliphatic rings. The molecule has 0 bridgehead atoms. The van der Waals surface area contributed by atoms with Gasteiger partial charge in [0.05, 0.1) is 13.7 Å². The highest BCUT2D eigenvalue weighted by Crippen LogP contribution is 2.28. The van der Waals surface area contributed by atoms with E-state index in [0.717, 1.165) is 4.57 Å². The lowest BCUT2D eigenvalue weighted by Gasteiger charge is -2.15. The van der Waals surface area contributed by atoms with Crippen LogP contribution in [0.3, 0.4) is 0 Å². The molecule has 14 nitrogen and oxygen atoms in total. The smallest absolute Gasteiger partial charge is 0.490 e. The van der Waals surface area contributed by atoms with Crippen LogP contribution in [0.5, 0.6) is 5.75 Å². The number of hydrogen-bond donors (Lipinski definition) is 6. The van der Waals surface area contributed by atoms with Gasteiger partial charge in [-0.2, -0.15) is 13.2 Å². The van der Waals surface area contributed by atoms with Gasteiger partial charge in [-0.05, 0) is 37.3 Å². The number of nitrogens with zero attached hydrogens (tertiary/aromatic N) is 1. The minimum Gasteiger partial charge on any atom is -0.495 e. The van der Waals surface area contributed by atoms with Crippen molar-refractivity contribution >= 4 is 49.5 Å². The van der Waals surface area contributed by atoms with Crippen molar-refractivity contribution in [3.05, 3.63) is 50.9 Å². The maximum atomic E-state index is 12.9. The van der Waals surface area contributed by atoms with Gasteiger partial charge in [-0.15, -0.1) is 0 Å². The molecule has 19 heteroatoms. The van der Waals surface area contributed by atoms with Gasteiger partial charge in [0.1, 0.15) is 22.9 Å². The zero-order chi connectivity index (χ0) is 30.0. The molecule has 0 fully saturated rings.